The number of fused-ring (bicyclic) bond motifs is 1. The molecule has 4 rings (SSSR count). The highest BCUT2D eigenvalue weighted by Crippen LogP contribution is 2.39. The van der Waals surface area contributed by atoms with Crippen molar-refractivity contribution in [2.24, 2.45) is 0 Å². The van der Waals surface area contributed by atoms with E-state index in [1.807, 2.05) is 31.2 Å². The van der Waals surface area contributed by atoms with Gasteiger partial charge in [-0.3, -0.25) is 9.97 Å². The SMILES string of the molecule is Cc1cnc2c(C(F)(F)F)cccc2c1-c1cccc(-c2cncc(C[SH](=O)=O)c2)c1. The number of rotatable bonds is 4. The fraction of sp³-hybridized carbons (Fsp3) is 0.130. The van der Waals surface area contributed by atoms with E-state index in [0.29, 0.717) is 16.5 Å². The molecule has 0 radical (unpaired) electrons. The van der Waals surface area contributed by atoms with Gasteiger partial charge in [-0.05, 0) is 52.9 Å². The molecule has 0 amide bonds. The average Bonchev–Trinajstić information content (AvgIpc) is 2.72. The van der Waals surface area contributed by atoms with Crippen LogP contribution in [0.2, 0.25) is 0 Å². The van der Waals surface area contributed by atoms with Crippen LogP contribution >= 0.6 is 0 Å². The van der Waals surface area contributed by atoms with Crippen molar-refractivity contribution in [1.82, 2.24) is 9.97 Å². The number of benzene rings is 2. The highest BCUT2D eigenvalue weighted by atomic mass is 32.2. The lowest BCUT2D eigenvalue weighted by atomic mass is 9.93. The van der Waals surface area contributed by atoms with E-state index in [-0.39, 0.29) is 11.3 Å². The average molecular weight is 442 g/mol. The highest BCUT2D eigenvalue weighted by Gasteiger charge is 2.33. The Kier molecular flexibility index (Phi) is 5.49. The molecule has 4 aromatic rings. The molecule has 8 heteroatoms. The minimum absolute atomic E-state index is 0.0936. The lowest BCUT2D eigenvalue weighted by molar-refractivity contribution is -0.136. The summed E-state index contributed by atoms with van der Waals surface area (Å²) in [5.41, 5.74) is 3.37. The van der Waals surface area contributed by atoms with Crippen LogP contribution in [0.25, 0.3) is 33.2 Å². The zero-order chi connectivity index (χ0) is 22.2. The third-order valence-corrected chi connectivity index (χ3v) is 5.61. The first-order chi connectivity index (χ1) is 14.7. The van der Waals surface area contributed by atoms with Crippen molar-refractivity contribution in [3.05, 3.63) is 83.8 Å². The molecule has 0 aliphatic heterocycles. The molecule has 2 aromatic carbocycles. The minimum Gasteiger partial charge on any atom is -0.264 e. The van der Waals surface area contributed by atoms with Gasteiger partial charge < -0.3 is 0 Å². The summed E-state index contributed by atoms with van der Waals surface area (Å²) in [5.74, 6) is -0.107. The van der Waals surface area contributed by atoms with Gasteiger partial charge in [0.2, 0.25) is 0 Å². The van der Waals surface area contributed by atoms with Crippen molar-refractivity contribution < 1.29 is 21.6 Å². The molecular formula is C23H17F3N2O2S. The van der Waals surface area contributed by atoms with Gasteiger partial charge in [-0.25, -0.2) is 8.42 Å². The molecule has 0 aliphatic carbocycles. The fourth-order valence-electron chi connectivity index (χ4n) is 3.67. The van der Waals surface area contributed by atoms with Crippen LogP contribution < -0.4 is 0 Å². The molecule has 0 fully saturated rings. The molecule has 0 N–H and O–H groups in total. The molecule has 0 aliphatic rings. The Balaban J connectivity index is 1.88. The second kappa shape index (κ2) is 8.11. The maximum Gasteiger partial charge on any atom is 0.418 e. The highest BCUT2D eigenvalue weighted by molar-refractivity contribution is 7.71. The molecule has 0 saturated heterocycles. The number of hydrogen-bond donors (Lipinski definition) is 1. The smallest absolute Gasteiger partial charge is 0.264 e. The second-order valence-corrected chi connectivity index (χ2v) is 8.15. The molecular weight excluding hydrogens is 425 g/mol. The third-order valence-electron chi connectivity index (χ3n) is 4.98. The Morgan fingerprint density at radius 3 is 2.39 bits per heavy atom. The number of nitrogens with zero attached hydrogens (tertiary/aromatic N) is 2. The van der Waals surface area contributed by atoms with Gasteiger partial charge in [-0.15, -0.1) is 0 Å². The summed E-state index contributed by atoms with van der Waals surface area (Å²) in [5, 5.41) is 0.419. The lowest BCUT2D eigenvalue weighted by Gasteiger charge is -2.15. The monoisotopic (exact) mass is 442 g/mol. The lowest BCUT2D eigenvalue weighted by Crippen LogP contribution is -2.07. The van der Waals surface area contributed by atoms with Crippen LogP contribution in [0.4, 0.5) is 13.2 Å². The van der Waals surface area contributed by atoms with Gasteiger partial charge in [0.1, 0.15) is 10.7 Å². The molecule has 0 unspecified atom stereocenters. The Bertz CT molecular complexity index is 1360. The van der Waals surface area contributed by atoms with Crippen molar-refractivity contribution in [2.45, 2.75) is 18.9 Å². The molecule has 158 valence electrons. The summed E-state index contributed by atoms with van der Waals surface area (Å²) in [4.78, 5) is 8.19. The van der Waals surface area contributed by atoms with E-state index < -0.39 is 22.4 Å². The van der Waals surface area contributed by atoms with E-state index in [1.165, 1.54) is 18.5 Å². The summed E-state index contributed by atoms with van der Waals surface area (Å²) >= 11 is 0. The van der Waals surface area contributed by atoms with Gasteiger partial charge in [0.25, 0.3) is 0 Å². The Hall–Kier alpha value is -3.26. The number of aromatic nitrogens is 2. The van der Waals surface area contributed by atoms with E-state index in [2.05, 4.69) is 9.97 Å². The minimum atomic E-state index is -4.50. The van der Waals surface area contributed by atoms with E-state index >= 15 is 0 Å². The maximum absolute atomic E-state index is 13.5. The van der Waals surface area contributed by atoms with Gasteiger partial charge in [-0.2, -0.15) is 13.2 Å². The predicted octanol–water partition coefficient (Wildman–Crippen LogP) is 5.40. The summed E-state index contributed by atoms with van der Waals surface area (Å²) < 4.78 is 62.5. The topological polar surface area (TPSA) is 59.9 Å². The largest absolute Gasteiger partial charge is 0.418 e. The quantitative estimate of drug-likeness (QED) is 0.430. The van der Waals surface area contributed by atoms with E-state index in [4.69, 9.17) is 0 Å². The first-order valence-electron chi connectivity index (χ1n) is 9.36. The predicted molar refractivity (Wildman–Crippen MR) is 114 cm³/mol. The number of hydrogen-bond acceptors (Lipinski definition) is 4. The molecule has 0 spiro atoms. The van der Waals surface area contributed by atoms with Crippen molar-refractivity contribution in [3.63, 3.8) is 0 Å². The first-order valence-corrected chi connectivity index (χ1v) is 10.7. The number of alkyl halides is 3. The van der Waals surface area contributed by atoms with Crippen molar-refractivity contribution >= 4 is 21.6 Å². The van der Waals surface area contributed by atoms with Crippen LogP contribution in [-0.2, 0) is 22.6 Å². The Morgan fingerprint density at radius 2 is 1.65 bits per heavy atom. The molecule has 2 aromatic heterocycles. The molecule has 31 heavy (non-hydrogen) atoms. The normalized spacial score (nSPS) is 11.9. The van der Waals surface area contributed by atoms with E-state index in [0.717, 1.165) is 28.3 Å². The summed E-state index contributed by atoms with van der Waals surface area (Å²) in [7, 11) is -2.58. The molecule has 0 bridgehead atoms. The van der Waals surface area contributed by atoms with Gasteiger partial charge in [0, 0.05) is 29.5 Å². The van der Waals surface area contributed by atoms with Crippen LogP contribution in [0.3, 0.4) is 0 Å². The number of thiol groups is 1. The van der Waals surface area contributed by atoms with Gasteiger partial charge in [0.05, 0.1) is 16.8 Å². The molecule has 4 nitrogen and oxygen atoms in total. The van der Waals surface area contributed by atoms with Crippen LogP contribution in [0, 0.1) is 6.92 Å². The zero-order valence-electron chi connectivity index (χ0n) is 16.3. The summed E-state index contributed by atoms with van der Waals surface area (Å²) in [6, 6.07) is 13.2. The van der Waals surface area contributed by atoms with Crippen molar-refractivity contribution in [2.75, 3.05) is 0 Å². The molecule has 2 heterocycles. The summed E-state index contributed by atoms with van der Waals surface area (Å²) in [6.07, 6.45) is 0.0690. The van der Waals surface area contributed by atoms with Crippen LogP contribution in [0.15, 0.2) is 67.1 Å². The van der Waals surface area contributed by atoms with Gasteiger partial charge >= 0.3 is 6.18 Å². The van der Waals surface area contributed by atoms with Gasteiger partial charge in [0.15, 0.2) is 0 Å². The van der Waals surface area contributed by atoms with Crippen molar-refractivity contribution in [3.8, 4) is 22.3 Å². The second-order valence-electron chi connectivity index (χ2n) is 7.17. The van der Waals surface area contributed by atoms with Crippen LogP contribution in [0.5, 0.6) is 0 Å². The Morgan fingerprint density at radius 1 is 0.903 bits per heavy atom. The number of pyridine rings is 2. The molecule has 0 atom stereocenters. The Labute approximate surface area is 178 Å². The fourth-order valence-corrected chi connectivity index (χ4v) is 4.14. The van der Waals surface area contributed by atoms with Crippen LogP contribution in [0.1, 0.15) is 16.7 Å². The first kappa shape index (κ1) is 21.0. The number of aryl methyl sites for hydroxylation is 1. The van der Waals surface area contributed by atoms with Crippen LogP contribution in [-0.4, -0.2) is 18.4 Å². The molecule has 0 saturated carbocycles. The summed E-state index contributed by atoms with van der Waals surface area (Å²) in [6.45, 7) is 1.81. The van der Waals surface area contributed by atoms with E-state index in [1.54, 1.807) is 18.3 Å². The van der Waals surface area contributed by atoms with Gasteiger partial charge in [-0.1, -0.05) is 30.3 Å². The third kappa shape index (κ3) is 4.29. The standard InChI is InChI=1S/C23H17F3N2O2S/c1-14-10-28-22-19(6-3-7-20(22)23(24,25)26)21(14)17-5-2-4-16(9-17)18-8-15(11-27-12-18)13-31(29)30/h2-12,31H,13H2,1H3. The van der Waals surface area contributed by atoms with Crippen molar-refractivity contribution in [1.29, 1.82) is 0 Å². The maximum atomic E-state index is 13.5. The zero-order valence-corrected chi connectivity index (χ0v) is 17.2. The van der Waals surface area contributed by atoms with E-state index in [9.17, 15) is 21.6 Å². The number of para-hydroxylation sites is 1. The number of halogens is 3.